The van der Waals surface area contributed by atoms with Crippen LogP contribution in [-0.2, 0) is 4.79 Å². The van der Waals surface area contributed by atoms with Crippen LogP contribution in [0.4, 0.5) is 4.39 Å². The number of hydrogen-bond donors (Lipinski definition) is 1. The molecule has 1 fully saturated rings. The number of carbonyl (C=O) groups is 1. The molecule has 1 aliphatic rings. The summed E-state index contributed by atoms with van der Waals surface area (Å²) in [6, 6.07) is 4.59. The number of amides is 1. The van der Waals surface area contributed by atoms with Gasteiger partial charge in [0.1, 0.15) is 11.6 Å². The molecule has 92 valence electrons. The minimum absolute atomic E-state index is 0.0603. The number of benzene rings is 1. The van der Waals surface area contributed by atoms with Gasteiger partial charge in [0.2, 0.25) is 0 Å². The molecule has 1 amide bonds. The summed E-state index contributed by atoms with van der Waals surface area (Å²) in [4.78, 5) is 11.4. The predicted molar refractivity (Wildman–Crippen MR) is 62.4 cm³/mol. The molecule has 1 N–H and O–H groups in total. The van der Waals surface area contributed by atoms with Crippen LogP contribution in [-0.4, -0.2) is 19.1 Å². The van der Waals surface area contributed by atoms with Crippen LogP contribution in [0, 0.1) is 18.7 Å². The van der Waals surface area contributed by atoms with Gasteiger partial charge in [-0.1, -0.05) is 6.07 Å². The van der Waals surface area contributed by atoms with Crippen molar-refractivity contribution in [3.8, 4) is 5.75 Å². The van der Waals surface area contributed by atoms with E-state index in [2.05, 4.69) is 5.32 Å². The smallest absolute Gasteiger partial charge is 0.257 e. The maximum Gasteiger partial charge on any atom is 0.257 e. The summed E-state index contributed by atoms with van der Waals surface area (Å²) in [5.74, 6) is 0.559. The van der Waals surface area contributed by atoms with Crippen molar-refractivity contribution in [1.82, 2.24) is 5.32 Å². The molecule has 0 saturated heterocycles. The largest absolute Gasteiger partial charge is 0.484 e. The van der Waals surface area contributed by atoms with Gasteiger partial charge >= 0.3 is 0 Å². The van der Waals surface area contributed by atoms with E-state index < -0.39 is 0 Å². The van der Waals surface area contributed by atoms with E-state index in [1.54, 1.807) is 19.1 Å². The lowest BCUT2D eigenvalue weighted by Gasteiger charge is -2.07. The molecular weight excluding hydrogens is 221 g/mol. The second-order valence-electron chi connectivity index (χ2n) is 4.45. The summed E-state index contributed by atoms with van der Waals surface area (Å²) in [6.07, 6.45) is 2.40. The van der Waals surface area contributed by atoms with Gasteiger partial charge in [0.05, 0.1) is 0 Å². The van der Waals surface area contributed by atoms with Crippen LogP contribution in [0.5, 0.6) is 5.75 Å². The summed E-state index contributed by atoms with van der Waals surface area (Å²) in [6.45, 7) is 2.35. The third-order valence-electron chi connectivity index (χ3n) is 2.80. The van der Waals surface area contributed by atoms with Crippen molar-refractivity contribution in [3.05, 3.63) is 29.6 Å². The third kappa shape index (κ3) is 3.73. The van der Waals surface area contributed by atoms with Crippen molar-refractivity contribution < 1.29 is 13.9 Å². The van der Waals surface area contributed by atoms with E-state index >= 15 is 0 Å². The van der Waals surface area contributed by atoms with Gasteiger partial charge < -0.3 is 10.1 Å². The zero-order chi connectivity index (χ0) is 12.3. The Kier molecular flexibility index (Phi) is 3.61. The lowest BCUT2D eigenvalue weighted by molar-refractivity contribution is -0.123. The highest BCUT2D eigenvalue weighted by Gasteiger charge is 2.21. The molecule has 1 aromatic carbocycles. The molecule has 1 aliphatic carbocycles. The van der Waals surface area contributed by atoms with E-state index in [1.165, 1.54) is 18.9 Å². The second kappa shape index (κ2) is 5.17. The third-order valence-corrected chi connectivity index (χ3v) is 2.80. The Morgan fingerprint density at radius 3 is 2.94 bits per heavy atom. The van der Waals surface area contributed by atoms with E-state index in [0.717, 1.165) is 6.54 Å². The van der Waals surface area contributed by atoms with Gasteiger partial charge in [0, 0.05) is 12.6 Å². The van der Waals surface area contributed by atoms with Gasteiger partial charge in [-0.3, -0.25) is 4.79 Å². The molecule has 0 heterocycles. The number of nitrogens with one attached hydrogen (secondary N) is 1. The van der Waals surface area contributed by atoms with Crippen LogP contribution in [0.3, 0.4) is 0 Å². The van der Waals surface area contributed by atoms with E-state index in [0.29, 0.717) is 17.2 Å². The van der Waals surface area contributed by atoms with Gasteiger partial charge in [-0.05, 0) is 37.3 Å². The second-order valence-corrected chi connectivity index (χ2v) is 4.45. The number of ether oxygens (including phenoxy) is 1. The summed E-state index contributed by atoms with van der Waals surface area (Å²) >= 11 is 0. The average molecular weight is 237 g/mol. The number of rotatable bonds is 5. The topological polar surface area (TPSA) is 38.3 Å². The van der Waals surface area contributed by atoms with E-state index in [1.807, 2.05) is 0 Å². The Hall–Kier alpha value is -1.58. The van der Waals surface area contributed by atoms with Gasteiger partial charge in [-0.25, -0.2) is 4.39 Å². The zero-order valence-corrected chi connectivity index (χ0v) is 9.83. The van der Waals surface area contributed by atoms with Crippen molar-refractivity contribution in [3.63, 3.8) is 0 Å². The molecule has 17 heavy (non-hydrogen) atoms. The Balaban J connectivity index is 1.75. The monoisotopic (exact) mass is 237 g/mol. The molecule has 0 radical (unpaired) electrons. The Morgan fingerprint density at radius 2 is 2.29 bits per heavy atom. The van der Waals surface area contributed by atoms with Crippen LogP contribution < -0.4 is 10.1 Å². The lowest BCUT2D eigenvalue weighted by atomic mass is 10.2. The van der Waals surface area contributed by atoms with Gasteiger partial charge in [-0.15, -0.1) is 0 Å². The van der Waals surface area contributed by atoms with Crippen LogP contribution >= 0.6 is 0 Å². The molecule has 2 rings (SSSR count). The van der Waals surface area contributed by atoms with Crippen LogP contribution in [0.15, 0.2) is 18.2 Å². The van der Waals surface area contributed by atoms with Crippen molar-refractivity contribution in [2.45, 2.75) is 19.8 Å². The van der Waals surface area contributed by atoms with Crippen molar-refractivity contribution in [2.24, 2.45) is 5.92 Å². The zero-order valence-electron chi connectivity index (χ0n) is 9.83. The Morgan fingerprint density at radius 1 is 1.53 bits per heavy atom. The van der Waals surface area contributed by atoms with Crippen LogP contribution in [0.1, 0.15) is 18.4 Å². The van der Waals surface area contributed by atoms with E-state index in [-0.39, 0.29) is 18.3 Å². The molecule has 0 atom stereocenters. The molecule has 4 heteroatoms. The highest BCUT2D eigenvalue weighted by atomic mass is 19.1. The first-order valence-electron chi connectivity index (χ1n) is 5.81. The van der Waals surface area contributed by atoms with Crippen molar-refractivity contribution in [1.29, 1.82) is 0 Å². The fourth-order valence-electron chi connectivity index (χ4n) is 1.44. The van der Waals surface area contributed by atoms with Crippen molar-refractivity contribution in [2.75, 3.05) is 13.2 Å². The molecular formula is C13H16FNO2. The minimum atomic E-state index is -0.319. The number of carbonyl (C=O) groups excluding carboxylic acids is 1. The Labute approximate surface area is 100.0 Å². The molecule has 0 spiro atoms. The van der Waals surface area contributed by atoms with Gasteiger partial charge in [0.15, 0.2) is 6.61 Å². The fourth-order valence-corrected chi connectivity index (χ4v) is 1.44. The maximum absolute atomic E-state index is 13.2. The molecule has 0 aromatic heterocycles. The molecule has 0 aliphatic heterocycles. The summed E-state index contributed by atoms with van der Waals surface area (Å²) in [5.41, 5.74) is 0.565. The maximum atomic E-state index is 13.2. The number of halogens is 1. The van der Waals surface area contributed by atoms with E-state index in [9.17, 15) is 9.18 Å². The number of hydrogen-bond acceptors (Lipinski definition) is 2. The SMILES string of the molecule is Cc1ccc(OCC(=O)NCC2CC2)cc1F. The molecule has 1 saturated carbocycles. The normalized spacial score (nSPS) is 14.5. The summed E-state index contributed by atoms with van der Waals surface area (Å²) < 4.78 is 18.4. The Bertz CT molecular complexity index is 416. The predicted octanol–water partition coefficient (Wildman–Crippen LogP) is 2.04. The highest BCUT2D eigenvalue weighted by Crippen LogP contribution is 2.27. The average Bonchev–Trinajstić information content (AvgIpc) is 3.12. The number of aryl methyl sites for hydroxylation is 1. The standard InChI is InChI=1S/C13H16FNO2/c1-9-2-5-11(6-12(9)14)17-8-13(16)15-7-10-3-4-10/h2,5-6,10H,3-4,7-8H2,1H3,(H,15,16). The van der Waals surface area contributed by atoms with Crippen LogP contribution in [0.2, 0.25) is 0 Å². The van der Waals surface area contributed by atoms with E-state index in [4.69, 9.17) is 4.74 Å². The molecule has 0 unspecified atom stereocenters. The first-order chi connectivity index (χ1) is 8.15. The van der Waals surface area contributed by atoms with Crippen LogP contribution in [0.25, 0.3) is 0 Å². The summed E-state index contributed by atoms with van der Waals surface area (Å²) in [5, 5.41) is 2.78. The lowest BCUT2D eigenvalue weighted by Crippen LogP contribution is -2.30. The molecule has 3 nitrogen and oxygen atoms in total. The first-order valence-corrected chi connectivity index (χ1v) is 5.81. The molecule has 0 bridgehead atoms. The minimum Gasteiger partial charge on any atom is -0.484 e. The summed E-state index contributed by atoms with van der Waals surface area (Å²) in [7, 11) is 0. The van der Waals surface area contributed by atoms with Crippen molar-refractivity contribution >= 4 is 5.91 Å². The quantitative estimate of drug-likeness (QED) is 0.851. The van der Waals surface area contributed by atoms with Gasteiger partial charge in [0.25, 0.3) is 5.91 Å². The van der Waals surface area contributed by atoms with Gasteiger partial charge in [-0.2, -0.15) is 0 Å². The first kappa shape index (κ1) is 11.9. The molecule has 1 aromatic rings. The highest BCUT2D eigenvalue weighted by molar-refractivity contribution is 5.77. The fraction of sp³-hybridized carbons (Fsp3) is 0.462.